The molecule has 0 spiro atoms. The van der Waals surface area contributed by atoms with Crippen LogP contribution in [0.25, 0.3) is 0 Å². The molecule has 0 bridgehead atoms. The van der Waals surface area contributed by atoms with Gasteiger partial charge in [0.05, 0.1) is 0 Å². The van der Waals surface area contributed by atoms with Crippen LogP contribution in [0.2, 0.25) is 0 Å². The quantitative estimate of drug-likeness (QED) is 0.623. The van der Waals surface area contributed by atoms with E-state index >= 15 is 0 Å². The zero-order chi connectivity index (χ0) is 9.68. The zero-order valence-electron chi connectivity index (χ0n) is 8.25. The molecule has 1 aliphatic rings. The van der Waals surface area contributed by atoms with E-state index in [4.69, 9.17) is 5.73 Å². The minimum absolute atomic E-state index is 0.128. The van der Waals surface area contributed by atoms with Gasteiger partial charge in [-0.1, -0.05) is 0 Å². The lowest BCUT2D eigenvalue weighted by Gasteiger charge is -2.13. The van der Waals surface area contributed by atoms with E-state index in [2.05, 4.69) is 10.2 Å². The van der Waals surface area contributed by atoms with Gasteiger partial charge in [-0.2, -0.15) is 0 Å². The Balaban J connectivity index is 2.03. The van der Waals surface area contributed by atoms with Crippen LogP contribution < -0.4 is 11.1 Å². The predicted molar refractivity (Wildman–Crippen MR) is 52.3 cm³/mol. The SMILES string of the molecule is CNC(=O)CCCN1CC[C@@H](N)C1. The third-order valence-corrected chi connectivity index (χ3v) is 2.47. The van der Waals surface area contributed by atoms with Crippen LogP contribution in [-0.2, 0) is 4.79 Å². The first-order chi connectivity index (χ1) is 6.22. The van der Waals surface area contributed by atoms with E-state index in [-0.39, 0.29) is 5.91 Å². The summed E-state index contributed by atoms with van der Waals surface area (Å²) in [6.07, 6.45) is 2.66. The largest absolute Gasteiger partial charge is 0.359 e. The van der Waals surface area contributed by atoms with Gasteiger partial charge in [0.2, 0.25) is 5.91 Å². The van der Waals surface area contributed by atoms with Gasteiger partial charge in [0, 0.05) is 26.1 Å². The number of carbonyl (C=O) groups excluding carboxylic acids is 1. The predicted octanol–water partition coefficient (Wildman–Crippen LogP) is -0.454. The molecule has 4 heteroatoms. The van der Waals surface area contributed by atoms with Crippen LogP contribution in [0.1, 0.15) is 19.3 Å². The number of nitrogens with zero attached hydrogens (tertiary/aromatic N) is 1. The normalized spacial score (nSPS) is 23.4. The van der Waals surface area contributed by atoms with Crippen molar-refractivity contribution in [3.63, 3.8) is 0 Å². The summed E-state index contributed by atoms with van der Waals surface area (Å²) in [6.45, 7) is 3.09. The molecular weight excluding hydrogens is 166 g/mol. The Morgan fingerprint density at radius 1 is 1.69 bits per heavy atom. The summed E-state index contributed by atoms with van der Waals surface area (Å²) in [6, 6.07) is 0.347. The second-order valence-electron chi connectivity index (χ2n) is 3.63. The van der Waals surface area contributed by atoms with E-state index in [0.29, 0.717) is 12.5 Å². The van der Waals surface area contributed by atoms with Crippen LogP contribution in [0.5, 0.6) is 0 Å². The maximum atomic E-state index is 10.9. The van der Waals surface area contributed by atoms with Crippen molar-refractivity contribution in [1.29, 1.82) is 0 Å². The van der Waals surface area contributed by atoms with Crippen molar-refractivity contribution in [3.8, 4) is 0 Å². The van der Waals surface area contributed by atoms with Gasteiger partial charge in [-0.15, -0.1) is 0 Å². The lowest BCUT2D eigenvalue weighted by Crippen LogP contribution is -2.28. The molecule has 0 aliphatic carbocycles. The van der Waals surface area contributed by atoms with Crippen molar-refractivity contribution in [3.05, 3.63) is 0 Å². The van der Waals surface area contributed by atoms with Gasteiger partial charge in [-0.3, -0.25) is 4.79 Å². The molecule has 0 aromatic heterocycles. The molecule has 0 unspecified atom stereocenters. The van der Waals surface area contributed by atoms with E-state index < -0.39 is 0 Å². The van der Waals surface area contributed by atoms with Gasteiger partial charge >= 0.3 is 0 Å². The van der Waals surface area contributed by atoms with Gasteiger partial charge in [-0.05, 0) is 25.9 Å². The maximum absolute atomic E-state index is 10.9. The summed E-state index contributed by atoms with van der Waals surface area (Å²) in [4.78, 5) is 13.2. The first-order valence-corrected chi connectivity index (χ1v) is 4.91. The number of nitrogens with two attached hydrogens (primary N) is 1. The molecule has 76 valence electrons. The number of hydrogen-bond donors (Lipinski definition) is 2. The molecule has 0 aromatic rings. The number of carbonyl (C=O) groups is 1. The molecule has 0 radical (unpaired) electrons. The van der Waals surface area contributed by atoms with Crippen LogP contribution in [0.4, 0.5) is 0 Å². The smallest absolute Gasteiger partial charge is 0.219 e. The molecule has 0 saturated carbocycles. The summed E-state index contributed by atoms with van der Waals surface area (Å²) in [5.74, 6) is 0.128. The van der Waals surface area contributed by atoms with Crippen molar-refractivity contribution in [1.82, 2.24) is 10.2 Å². The second kappa shape index (κ2) is 5.19. The van der Waals surface area contributed by atoms with Crippen molar-refractivity contribution >= 4 is 5.91 Å². The lowest BCUT2D eigenvalue weighted by atomic mass is 10.3. The molecule has 1 amide bonds. The molecule has 1 saturated heterocycles. The first-order valence-electron chi connectivity index (χ1n) is 4.91. The minimum Gasteiger partial charge on any atom is -0.359 e. The second-order valence-corrected chi connectivity index (χ2v) is 3.63. The third-order valence-electron chi connectivity index (χ3n) is 2.47. The number of rotatable bonds is 4. The molecule has 4 nitrogen and oxygen atoms in total. The van der Waals surface area contributed by atoms with Crippen molar-refractivity contribution in [2.24, 2.45) is 5.73 Å². The molecule has 1 fully saturated rings. The van der Waals surface area contributed by atoms with Crippen molar-refractivity contribution in [2.45, 2.75) is 25.3 Å². The van der Waals surface area contributed by atoms with E-state index in [1.54, 1.807) is 7.05 Å². The number of hydrogen-bond acceptors (Lipinski definition) is 3. The molecule has 0 aromatic carbocycles. The van der Waals surface area contributed by atoms with Gasteiger partial charge in [0.1, 0.15) is 0 Å². The number of amides is 1. The summed E-state index contributed by atoms with van der Waals surface area (Å²) >= 11 is 0. The molecular formula is C9H19N3O. The monoisotopic (exact) mass is 185 g/mol. The fourth-order valence-electron chi connectivity index (χ4n) is 1.65. The Bertz CT molecular complexity index is 172. The Kier molecular flexibility index (Phi) is 4.18. The van der Waals surface area contributed by atoms with Crippen LogP contribution in [-0.4, -0.2) is 43.5 Å². The average Bonchev–Trinajstić information content (AvgIpc) is 2.51. The highest BCUT2D eigenvalue weighted by molar-refractivity contribution is 5.75. The first kappa shape index (κ1) is 10.5. The zero-order valence-corrected chi connectivity index (χ0v) is 8.25. The maximum Gasteiger partial charge on any atom is 0.219 e. The van der Waals surface area contributed by atoms with E-state index in [1.807, 2.05) is 0 Å². The van der Waals surface area contributed by atoms with E-state index in [1.165, 1.54) is 0 Å². The standard InChI is InChI=1S/C9H19N3O/c1-11-9(13)3-2-5-12-6-4-8(10)7-12/h8H,2-7,10H2,1H3,(H,11,13)/t8-/m1/s1. The van der Waals surface area contributed by atoms with Gasteiger partial charge in [0.25, 0.3) is 0 Å². The topological polar surface area (TPSA) is 58.4 Å². The molecule has 1 heterocycles. The molecule has 3 N–H and O–H groups in total. The van der Waals surface area contributed by atoms with E-state index in [0.717, 1.165) is 32.5 Å². The fraction of sp³-hybridized carbons (Fsp3) is 0.889. The van der Waals surface area contributed by atoms with Crippen LogP contribution in [0.15, 0.2) is 0 Å². The Labute approximate surface area is 79.5 Å². The summed E-state index contributed by atoms with van der Waals surface area (Å²) < 4.78 is 0. The summed E-state index contributed by atoms with van der Waals surface area (Å²) in [7, 11) is 1.67. The highest BCUT2D eigenvalue weighted by Gasteiger charge is 2.18. The highest BCUT2D eigenvalue weighted by atomic mass is 16.1. The molecule has 1 atom stereocenters. The van der Waals surface area contributed by atoms with Gasteiger partial charge in [0.15, 0.2) is 0 Å². The van der Waals surface area contributed by atoms with Crippen LogP contribution in [0, 0.1) is 0 Å². The van der Waals surface area contributed by atoms with Crippen LogP contribution in [0.3, 0.4) is 0 Å². The molecule has 1 rings (SSSR count). The van der Waals surface area contributed by atoms with Gasteiger partial charge in [-0.25, -0.2) is 0 Å². The Morgan fingerprint density at radius 3 is 3.00 bits per heavy atom. The van der Waals surface area contributed by atoms with E-state index in [9.17, 15) is 4.79 Å². The van der Waals surface area contributed by atoms with Crippen molar-refractivity contribution < 1.29 is 4.79 Å². The minimum atomic E-state index is 0.128. The highest BCUT2D eigenvalue weighted by Crippen LogP contribution is 2.07. The average molecular weight is 185 g/mol. The number of nitrogens with one attached hydrogen (secondary N) is 1. The number of likely N-dealkylation sites (tertiary alicyclic amines) is 1. The Morgan fingerprint density at radius 2 is 2.46 bits per heavy atom. The molecule has 13 heavy (non-hydrogen) atoms. The Hall–Kier alpha value is -0.610. The summed E-state index contributed by atoms with van der Waals surface area (Å²) in [5, 5.41) is 2.62. The lowest BCUT2D eigenvalue weighted by molar-refractivity contribution is -0.120. The molecule has 1 aliphatic heterocycles. The summed E-state index contributed by atoms with van der Waals surface area (Å²) in [5.41, 5.74) is 5.76. The van der Waals surface area contributed by atoms with Crippen LogP contribution >= 0.6 is 0 Å². The van der Waals surface area contributed by atoms with Crippen molar-refractivity contribution in [2.75, 3.05) is 26.7 Å². The van der Waals surface area contributed by atoms with Gasteiger partial charge < -0.3 is 16.0 Å². The fourth-order valence-corrected chi connectivity index (χ4v) is 1.65. The third kappa shape index (κ3) is 3.74.